The fourth-order valence-electron chi connectivity index (χ4n) is 5.85. The molecule has 1 fully saturated rings. The first-order valence-corrected chi connectivity index (χ1v) is 21.7. The zero-order chi connectivity index (χ0) is 44.4. The van der Waals surface area contributed by atoms with Crippen LogP contribution in [0.25, 0.3) is 0 Å². The molecule has 0 spiro atoms. The molecule has 2 rings (SSSR count). The van der Waals surface area contributed by atoms with E-state index in [-0.39, 0.29) is 38.2 Å². The third kappa shape index (κ3) is 33.3. The molecule has 3 atom stereocenters. The Balaban J connectivity index is 1.14. The lowest BCUT2D eigenvalue weighted by atomic mass is 10.1. The van der Waals surface area contributed by atoms with Gasteiger partial charge in [0.05, 0.1) is 172 Å². The maximum Gasteiger partial charge on any atom is 0.407 e. The summed E-state index contributed by atoms with van der Waals surface area (Å²) in [7, 11) is 0. The van der Waals surface area contributed by atoms with Crippen molar-refractivity contribution in [3.8, 4) is 11.8 Å². The summed E-state index contributed by atoms with van der Waals surface area (Å²) in [6, 6.07) is 0. The summed E-state index contributed by atoms with van der Waals surface area (Å²) in [5.74, 6) is 6.89. The van der Waals surface area contributed by atoms with Gasteiger partial charge >= 0.3 is 6.09 Å². The van der Waals surface area contributed by atoms with E-state index in [9.17, 15) is 19.2 Å². The third-order valence-electron chi connectivity index (χ3n) is 9.13. The summed E-state index contributed by atoms with van der Waals surface area (Å²) in [6.45, 7) is 10.2. The van der Waals surface area contributed by atoms with Gasteiger partial charge in [-0.3, -0.25) is 14.4 Å². The average molecular weight is 892 g/mol. The fourth-order valence-corrected chi connectivity index (χ4v) is 5.85. The molecule has 21 heteroatoms. The molecule has 2 aliphatic rings. The first-order valence-electron chi connectivity index (χ1n) is 21.7. The Kier molecular flexibility index (Phi) is 35.9. The molecule has 0 bridgehead atoms. The van der Waals surface area contributed by atoms with Crippen LogP contribution in [0.1, 0.15) is 25.7 Å². The number of nitrogens with one attached hydrogen (secondary N) is 4. The Morgan fingerprint density at radius 3 is 1.08 bits per heavy atom. The molecule has 2 aliphatic carbocycles. The summed E-state index contributed by atoms with van der Waals surface area (Å²) in [5.41, 5.74) is 5.13. The maximum absolute atomic E-state index is 11.9. The van der Waals surface area contributed by atoms with Crippen LogP contribution < -0.4 is 27.0 Å². The highest BCUT2D eigenvalue weighted by Gasteiger charge is 2.49. The fraction of sp³-hybridized carbons (Fsp3) is 0.854. The van der Waals surface area contributed by atoms with Crippen molar-refractivity contribution < 1.29 is 76.0 Å². The van der Waals surface area contributed by atoms with Gasteiger partial charge < -0.3 is 83.8 Å². The third-order valence-corrected chi connectivity index (χ3v) is 9.13. The Morgan fingerprint density at radius 2 is 0.726 bits per heavy atom. The van der Waals surface area contributed by atoms with Crippen LogP contribution in [0.15, 0.2) is 0 Å². The van der Waals surface area contributed by atoms with Gasteiger partial charge in [0.1, 0.15) is 0 Å². The van der Waals surface area contributed by atoms with Crippen LogP contribution in [-0.2, 0) is 71.2 Å². The van der Waals surface area contributed by atoms with E-state index in [1.807, 2.05) is 0 Å². The standard InChI is InChI=1S/C41H73N5O16/c42-31-38(47)45-33-40(49)46-32-39(48)43-7-9-51-11-13-53-15-17-55-19-21-57-23-25-59-27-29-61-30-28-60-26-24-58-22-20-56-18-16-54-14-12-52-10-8-44-41(50)62-34-37-35-5-3-1-2-4-6-36(35)37/h35-37H,3-34,42H2,(H,43,48)(H,44,50)(H,45,47)(H,46,49)/t35-,36+,37?. The minimum absolute atomic E-state index is 0.204. The molecule has 62 heavy (non-hydrogen) atoms. The second-order valence-corrected chi connectivity index (χ2v) is 13.8. The van der Waals surface area contributed by atoms with E-state index >= 15 is 0 Å². The largest absolute Gasteiger partial charge is 0.449 e. The van der Waals surface area contributed by atoms with Gasteiger partial charge in [-0.25, -0.2) is 4.79 Å². The molecule has 0 aromatic rings. The molecule has 21 nitrogen and oxygen atoms in total. The summed E-state index contributed by atoms with van der Waals surface area (Å²) in [5, 5.41) is 10.0. The quantitative estimate of drug-likeness (QED) is 0.0350. The van der Waals surface area contributed by atoms with Crippen LogP contribution in [0.2, 0.25) is 0 Å². The van der Waals surface area contributed by atoms with Gasteiger partial charge in [0.25, 0.3) is 0 Å². The van der Waals surface area contributed by atoms with Gasteiger partial charge in [-0.05, 0) is 30.6 Å². The van der Waals surface area contributed by atoms with Crippen molar-refractivity contribution in [3.63, 3.8) is 0 Å². The van der Waals surface area contributed by atoms with Gasteiger partial charge in [-0.15, -0.1) is 11.8 Å². The van der Waals surface area contributed by atoms with Crippen molar-refractivity contribution in [2.45, 2.75) is 25.7 Å². The van der Waals surface area contributed by atoms with Crippen molar-refractivity contribution in [2.24, 2.45) is 23.5 Å². The number of nitrogens with two attached hydrogens (primary N) is 1. The highest BCUT2D eigenvalue weighted by Crippen LogP contribution is 2.52. The van der Waals surface area contributed by atoms with Crippen LogP contribution in [-0.4, -0.2) is 208 Å². The number of ether oxygens (including phenoxy) is 12. The zero-order valence-electron chi connectivity index (χ0n) is 36.5. The number of rotatable bonds is 43. The summed E-state index contributed by atoms with van der Waals surface area (Å²) in [6.07, 6.45) is 3.75. The monoisotopic (exact) mass is 892 g/mol. The molecule has 0 aliphatic heterocycles. The van der Waals surface area contributed by atoms with Crippen molar-refractivity contribution in [1.29, 1.82) is 0 Å². The Labute approximate surface area is 366 Å². The molecule has 358 valence electrons. The number of alkyl carbamates (subject to hydrolysis) is 1. The van der Waals surface area contributed by atoms with Crippen LogP contribution in [0.5, 0.6) is 0 Å². The van der Waals surface area contributed by atoms with Crippen LogP contribution in [0, 0.1) is 29.6 Å². The molecule has 0 saturated heterocycles. The van der Waals surface area contributed by atoms with E-state index in [2.05, 4.69) is 33.1 Å². The van der Waals surface area contributed by atoms with E-state index in [0.717, 1.165) is 25.7 Å². The predicted octanol–water partition coefficient (Wildman–Crippen LogP) is -1.36. The average Bonchev–Trinajstić information content (AvgIpc) is 3.92. The van der Waals surface area contributed by atoms with Gasteiger partial charge in [-0.2, -0.15) is 0 Å². The molecule has 4 amide bonds. The van der Waals surface area contributed by atoms with Crippen LogP contribution in [0.4, 0.5) is 4.79 Å². The maximum atomic E-state index is 11.9. The SMILES string of the molecule is NCC(=O)NCC(=O)NCC(=O)NCCOCCOCCOCCOCCOCCOCCOCCOCCOCCOCCOCCNC(=O)OCC1[C@H]2CCC#CCC[C@@H]12. The number of carbonyl (C=O) groups is 4. The molecule has 1 unspecified atom stereocenters. The lowest BCUT2D eigenvalue weighted by molar-refractivity contribution is -0.127. The Bertz CT molecular complexity index is 1190. The van der Waals surface area contributed by atoms with E-state index < -0.39 is 11.8 Å². The van der Waals surface area contributed by atoms with Crippen LogP contribution in [0.3, 0.4) is 0 Å². The Hall–Kier alpha value is -3.24. The number of fused-ring (bicyclic) bond motifs is 1. The highest BCUT2D eigenvalue weighted by molar-refractivity contribution is 5.88. The van der Waals surface area contributed by atoms with E-state index in [0.29, 0.717) is 176 Å². The summed E-state index contributed by atoms with van der Waals surface area (Å²) >= 11 is 0. The van der Waals surface area contributed by atoms with Crippen LogP contribution >= 0.6 is 0 Å². The second kappa shape index (κ2) is 40.5. The predicted molar refractivity (Wildman–Crippen MR) is 223 cm³/mol. The topological polar surface area (TPSA) is 253 Å². The van der Waals surface area contributed by atoms with E-state index in [4.69, 9.17) is 62.6 Å². The van der Waals surface area contributed by atoms with Crippen molar-refractivity contribution >= 4 is 23.8 Å². The summed E-state index contributed by atoms with van der Waals surface area (Å²) < 4.78 is 65.6. The summed E-state index contributed by atoms with van der Waals surface area (Å²) in [4.78, 5) is 46.1. The van der Waals surface area contributed by atoms with Crippen molar-refractivity contribution in [3.05, 3.63) is 0 Å². The number of hydrogen-bond donors (Lipinski definition) is 5. The zero-order valence-corrected chi connectivity index (χ0v) is 36.5. The number of carbonyl (C=O) groups excluding carboxylic acids is 4. The molecule has 0 aromatic heterocycles. The highest BCUT2D eigenvalue weighted by atomic mass is 16.6. The van der Waals surface area contributed by atoms with Gasteiger partial charge in [0, 0.05) is 25.9 Å². The molecule has 0 radical (unpaired) electrons. The lowest BCUT2D eigenvalue weighted by Gasteiger charge is -2.09. The molecular formula is C41H73N5O16. The lowest BCUT2D eigenvalue weighted by Crippen LogP contribution is -2.43. The second-order valence-electron chi connectivity index (χ2n) is 13.8. The molecule has 6 N–H and O–H groups in total. The molecular weight excluding hydrogens is 818 g/mol. The van der Waals surface area contributed by atoms with Gasteiger partial charge in [-0.1, -0.05) is 0 Å². The first-order chi connectivity index (χ1) is 30.5. The molecule has 0 heterocycles. The van der Waals surface area contributed by atoms with Gasteiger partial charge in [0.15, 0.2) is 0 Å². The van der Waals surface area contributed by atoms with Crippen molar-refractivity contribution in [2.75, 3.05) is 185 Å². The number of hydrogen-bond acceptors (Lipinski definition) is 17. The smallest absolute Gasteiger partial charge is 0.407 e. The van der Waals surface area contributed by atoms with E-state index in [1.54, 1.807) is 0 Å². The molecule has 0 aromatic carbocycles. The van der Waals surface area contributed by atoms with E-state index in [1.165, 1.54) is 0 Å². The number of amides is 4. The van der Waals surface area contributed by atoms with Crippen molar-refractivity contribution in [1.82, 2.24) is 21.3 Å². The minimum Gasteiger partial charge on any atom is -0.449 e. The first kappa shape index (κ1) is 54.9. The minimum atomic E-state index is -0.488. The normalized spacial score (nSPS) is 16.6. The Morgan fingerprint density at radius 1 is 0.419 bits per heavy atom. The van der Waals surface area contributed by atoms with Gasteiger partial charge in [0.2, 0.25) is 17.7 Å². The molecule has 1 saturated carbocycles.